The average molecular weight is 306 g/mol. The minimum atomic E-state index is -1.09. The molecule has 0 saturated carbocycles. The van der Waals surface area contributed by atoms with Gasteiger partial charge in [-0.2, -0.15) is 0 Å². The Morgan fingerprint density at radius 1 is 1.10 bits per heavy atom. The van der Waals surface area contributed by atoms with E-state index in [2.05, 4.69) is 0 Å². The molecule has 1 heterocycles. The fourth-order valence-corrected chi connectivity index (χ4v) is 2.79. The Bertz CT molecular complexity index is 679. The average Bonchev–Trinajstić information content (AvgIpc) is 2.43. The molecule has 0 N–H and O–H groups in total. The minimum absolute atomic E-state index is 0. The number of rotatable bonds is 2. The molecular formula is C17H15KO3. The van der Waals surface area contributed by atoms with E-state index in [1.807, 2.05) is 44.2 Å². The summed E-state index contributed by atoms with van der Waals surface area (Å²) in [4.78, 5) is 11.7. The number of hydrogen-bond acceptors (Lipinski definition) is 3. The van der Waals surface area contributed by atoms with Crippen LogP contribution in [0.5, 0.6) is 11.5 Å². The summed E-state index contributed by atoms with van der Waals surface area (Å²) in [5.74, 6) is -0.427. The third-order valence-electron chi connectivity index (χ3n) is 3.70. The first-order valence-electron chi connectivity index (χ1n) is 6.70. The van der Waals surface area contributed by atoms with Crippen molar-refractivity contribution < 1.29 is 66.0 Å². The van der Waals surface area contributed by atoms with E-state index < -0.39 is 11.9 Å². The zero-order valence-corrected chi connectivity index (χ0v) is 15.5. The summed E-state index contributed by atoms with van der Waals surface area (Å²) in [5.41, 5.74) is 2.38. The van der Waals surface area contributed by atoms with Crippen LogP contribution in [0.1, 0.15) is 42.4 Å². The predicted octanol–water partition coefficient (Wildman–Crippen LogP) is -0.198. The van der Waals surface area contributed by atoms with Crippen LogP contribution in [0.15, 0.2) is 42.5 Å². The van der Waals surface area contributed by atoms with Gasteiger partial charge in [-0.1, -0.05) is 44.2 Å². The standard InChI is InChI=1S/C17H16O3.K/c1-10(2)11-7-5-9-14-15(11)16(17(18)19)12-6-3-4-8-13(12)20-14;/h3-10,16H,1-2H3,(H,18,19);/q;+1/p-1. The van der Waals surface area contributed by atoms with Crippen LogP contribution in [-0.2, 0) is 4.79 Å². The van der Waals surface area contributed by atoms with Gasteiger partial charge >= 0.3 is 51.4 Å². The van der Waals surface area contributed by atoms with Crippen molar-refractivity contribution >= 4 is 5.97 Å². The Morgan fingerprint density at radius 3 is 2.43 bits per heavy atom. The van der Waals surface area contributed by atoms with Crippen LogP contribution in [0.3, 0.4) is 0 Å². The van der Waals surface area contributed by atoms with Gasteiger partial charge in [0, 0.05) is 11.1 Å². The summed E-state index contributed by atoms with van der Waals surface area (Å²) in [5, 5.41) is 11.7. The molecule has 2 aromatic rings. The third kappa shape index (κ3) is 2.96. The van der Waals surface area contributed by atoms with Crippen molar-refractivity contribution in [2.75, 3.05) is 0 Å². The first-order chi connectivity index (χ1) is 9.59. The second-order valence-corrected chi connectivity index (χ2v) is 5.31. The van der Waals surface area contributed by atoms with Crippen LogP contribution < -0.4 is 61.2 Å². The molecule has 0 bridgehead atoms. The van der Waals surface area contributed by atoms with Crippen LogP contribution >= 0.6 is 0 Å². The van der Waals surface area contributed by atoms with Gasteiger partial charge in [0.15, 0.2) is 0 Å². The van der Waals surface area contributed by atoms with E-state index in [0.29, 0.717) is 17.1 Å². The predicted molar refractivity (Wildman–Crippen MR) is 73.9 cm³/mol. The van der Waals surface area contributed by atoms with Gasteiger partial charge in [0.1, 0.15) is 11.5 Å². The molecular weight excluding hydrogens is 291 g/mol. The second kappa shape index (κ2) is 6.63. The van der Waals surface area contributed by atoms with E-state index in [1.54, 1.807) is 12.1 Å². The van der Waals surface area contributed by atoms with Crippen molar-refractivity contribution in [2.24, 2.45) is 0 Å². The molecule has 0 fully saturated rings. The quantitative estimate of drug-likeness (QED) is 0.722. The number of para-hydroxylation sites is 1. The Balaban J connectivity index is 0.00000161. The third-order valence-corrected chi connectivity index (χ3v) is 3.70. The zero-order valence-electron chi connectivity index (χ0n) is 12.4. The van der Waals surface area contributed by atoms with Gasteiger partial charge in [0.25, 0.3) is 0 Å². The van der Waals surface area contributed by atoms with Crippen LogP contribution in [0, 0.1) is 0 Å². The first kappa shape index (κ1) is 16.7. The zero-order chi connectivity index (χ0) is 14.3. The van der Waals surface area contributed by atoms with Crippen molar-refractivity contribution in [1.82, 2.24) is 0 Å². The molecule has 21 heavy (non-hydrogen) atoms. The Hall–Kier alpha value is -0.654. The number of hydrogen-bond donors (Lipinski definition) is 0. The Morgan fingerprint density at radius 2 is 1.76 bits per heavy atom. The van der Waals surface area contributed by atoms with Gasteiger partial charge in [-0.15, -0.1) is 0 Å². The number of carboxylic acid groups (broad SMARTS) is 1. The first-order valence-corrected chi connectivity index (χ1v) is 6.70. The fourth-order valence-electron chi connectivity index (χ4n) is 2.79. The minimum Gasteiger partial charge on any atom is -0.549 e. The molecule has 4 heteroatoms. The second-order valence-electron chi connectivity index (χ2n) is 5.31. The molecule has 1 atom stereocenters. The molecule has 102 valence electrons. The fraction of sp³-hybridized carbons (Fsp3) is 0.235. The van der Waals surface area contributed by atoms with Crippen molar-refractivity contribution in [3.8, 4) is 11.5 Å². The number of carbonyl (C=O) groups is 1. The molecule has 0 amide bonds. The number of fused-ring (bicyclic) bond motifs is 2. The van der Waals surface area contributed by atoms with Crippen LogP contribution in [0.2, 0.25) is 0 Å². The molecule has 0 saturated heterocycles. The number of carboxylic acids is 1. The largest absolute Gasteiger partial charge is 1.00 e. The number of benzene rings is 2. The SMILES string of the molecule is CC(C)c1cccc2c1C(C(=O)[O-])c1ccccc1O2.[K+]. The van der Waals surface area contributed by atoms with Gasteiger partial charge in [0.2, 0.25) is 0 Å². The summed E-state index contributed by atoms with van der Waals surface area (Å²) in [6.45, 7) is 4.09. The van der Waals surface area contributed by atoms with Crippen molar-refractivity contribution in [3.05, 3.63) is 59.2 Å². The van der Waals surface area contributed by atoms with E-state index in [1.165, 1.54) is 0 Å². The summed E-state index contributed by atoms with van der Waals surface area (Å²) in [6, 6.07) is 12.9. The normalized spacial score (nSPS) is 15.5. The van der Waals surface area contributed by atoms with Gasteiger partial charge < -0.3 is 14.6 Å². The van der Waals surface area contributed by atoms with E-state index in [-0.39, 0.29) is 57.3 Å². The van der Waals surface area contributed by atoms with Crippen LogP contribution in [0.25, 0.3) is 0 Å². The summed E-state index contributed by atoms with van der Waals surface area (Å²) >= 11 is 0. The van der Waals surface area contributed by atoms with Gasteiger partial charge in [-0.05, 0) is 23.6 Å². The van der Waals surface area contributed by atoms with Crippen molar-refractivity contribution in [2.45, 2.75) is 25.7 Å². The summed E-state index contributed by atoms with van der Waals surface area (Å²) < 4.78 is 5.86. The molecule has 1 unspecified atom stereocenters. The van der Waals surface area contributed by atoms with E-state index in [9.17, 15) is 9.90 Å². The van der Waals surface area contributed by atoms with Crippen LogP contribution in [0.4, 0.5) is 0 Å². The smallest absolute Gasteiger partial charge is 0.549 e. The molecule has 1 aliphatic rings. The molecule has 1 aliphatic heterocycles. The van der Waals surface area contributed by atoms with Gasteiger partial charge in [-0.25, -0.2) is 0 Å². The Kier molecular flexibility index (Phi) is 5.27. The molecule has 0 aliphatic carbocycles. The summed E-state index contributed by atoms with van der Waals surface area (Å²) in [7, 11) is 0. The van der Waals surface area contributed by atoms with E-state index >= 15 is 0 Å². The maximum atomic E-state index is 11.7. The maximum absolute atomic E-state index is 11.7. The molecule has 3 rings (SSSR count). The topological polar surface area (TPSA) is 49.4 Å². The van der Waals surface area contributed by atoms with Gasteiger partial charge in [0.05, 0.1) is 11.9 Å². The molecule has 0 radical (unpaired) electrons. The molecule has 3 nitrogen and oxygen atoms in total. The number of ether oxygens (including phenoxy) is 1. The summed E-state index contributed by atoms with van der Waals surface area (Å²) in [6.07, 6.45) is 0. The number of aliphatic carboxylic acids is 1. The van der Waals surface area contributed by atoms with Crippen molar-refractivity contribution in [1.29, 1.82) is 0 Å². The molecule has 2 aromatic carbocycles. The molecule has 0 aromatic heterocycles. The van der Waals surface area contributed by atoms with Crippen LogP contribution in [-0.4, -0.2) is 5.97 Å². The number of carbonyl (C=O) groups excluding carboxylic acids is 1. The maximum Gasteiger partial charge on any atom is 1.00 e. The molecule has 0 spiro atoms. The van der Waals surface area contributed by atoms with E-state index in [0.717, 1.165) is 11.1 Å². The van der Waals surface area contributed by atoms with Gasteiger partial charge in [-0.3, -0.25) is 0 Å². The Labute approximate surface area is 166 Å². The van der Waals surface area contributed by atoms with Crippen molar-refractivity contribution in [3.63, 3.8) is 0 Å². The monoisotopic (exact) mass is 306 g/mol. The van der Waals surface area contributed by atoms with E-state index in [4.69, 9.17) is 4.74 Å².